The van der Waals surface area contributed by atoms with E-state index in [2.05, 4.69) is 22.1 Å². The first-order valence-electron chi connectivity index (χ1n) is 25.1. The number of ether oxygens (including phenoxy) is 1. The number of carbonyl (C=O) groups excluding carboxylic acids is 14. The molecule has 7 amide bonds. The Morgan fingerprint density at radius 3 is 1.02 bits per heavy atom. The van der Waals surface area contributed by atoms with Crippen molar-refractivity contribution in [2.45, 2.75) is 152 Å². The molecule has 1 heterocycles. The summed E-state index contributed by atoms with van der Waals surface area (Å²) < 4.78 is 11.1. The first-order valence-corrected chi connectivity index (χ1v) is 25.1. The van der Waals surface area contributed by atoms with Crippen LogP contribution in [0.1, 0.15) is 107 Å². The number of furan rings is 1. The molecule has 2 aromatic rings. The van der Waals surface area contributed by atoms with Gasteiger partial charge in [-0.15, -0.1) is 0 Å². The Balaban J connectivity index is 1.78. The van der Waals surface area contributed by atoms with Crippen molar-refractivity contribution < 1.29 is 123 Å². The van der Waals surface area contributed by atoms with Crippen LogP contribution in [0.2, 0.25) is 0 Å². The van der Waals surface area contributed by atoms with Gasteiger partial charge < -0.3 is 127 Å². The van der Waals surface area contributed by atoms with E-state index < -0.39 is 202 Å². The van der Waals surface area contributed by atoms with Crippen LogP contribution in [-0.4, -0.2) is 132 Å². The minimum absolute atomic E-state index is 0.187. The molecule has 0 aliphatic carbocycles. The number of benzene rings is 1. The van der Waals surface area contributed by atoms with Crippen molar-refractivity contribution in [3.8, 4) is 5.75 Å². The SMILES string of the molecule is [NH3+]Cc1cc(COc2ccc(CCNC(=O)CC[C@H](NC(=O)CC[C@H](NC(=O)CC[C@H](NC(=O)CC[C@H](NC(=O)CC[C@H](NC(=O)CC[C@H](NC(=O)CC[C@H]([NH3+])C(=O)[O-])C(=O)[O-])C(=O)[O-])C(=O)[O-])C(=O)[O-])C(=O)[O-])C(=O)[O-])cc2)co1. The largest absolute Gasteiger partial charge is 0.548 e. The number of rotatable bonds is 41. The second kappa shape index (κ2) is 35.3. The van der Waals surface area contributed by atoms with Crippen LogP contribution < -0.4 is 89.2 Å². The number of quaternary nitrogens is 2. The van der Waals surface area contributed by atoms with Crippen molar-refractivity contribution in [3.05, 3.63) is 53.5 Å². The van der Waals surface area contributed by atoms with Crippen LogP contribution in [-0.2, 0) is 86.7 Å². The van der Waals surface area contributed by atoms with E-state index in [-0.39, 0.29) is 26.0 Å². The molecule has 1 aromatic carbocycles. The van der Waals surface area contributed by atoms with Crippen LogP contribution in [0.5, 0.6) is 5.75 Å². The summed E-state index contributed by atoms with van der Waals surface area (Å²) in [5, 5.41) is 95.6. The Labute approximate surface area is 460 Å². The van der Waals surface area contributed by atoms with Gasteiger partial charge in [0.25, 0.3) is 0 Å². The first kappa shape index (κ1) is 67.9. The van der Waals surface area contributed by atoms with Gasteiger partial charge in [-0.1, -0.05) is 12.1 Å². The number of carboxylic acids is 7. The highest BCUT2D eigenvalue weighted by molar-refractivity contribution is 5.89. The molecule has 0 unspecified atom stereocenters. The molecule has 446 valence electrons. The lowest BCUT2D eigenvalue weighted by atomic mass is 10.1. The third-order valence-corrected chi connectivity index (χ3v) is 11.8. The van der Waals surface area contributed by atoms with E-state index >= 15 is 0 Å². The molecule has 0 saturated heterocycles. The fourth-order valence-electron chi connectivity index (χ4n) is 7.16. The number of amides is 7. The van der Waals surface area contributed by atoms with Crippen molar-refractivity contribution in [2.24, 2.45) is 0 Å². The van der Waals surface area contributed by atoms with Crippen LogP contribution in [0, 0.1) is 0 Å². The first-order chi connectivity index (χ1) is 38.2. The summed E-state index contributed by atoms with van der Waals surface area (Å²) >= 11 is 0. The van der Waals surface area contributed by atoms with Gasteiger partial charge in [-0.2, -0.15) is 0 Å². The van der Waals surface area contributed by atoms with Crippen LogP contribution >= 0.6 is 0 Å². The summed E-state index contributed by atoms with van der Waals surface area (Å²) in [4.78, 5) is 168. The van der Waals surface area contributed by atoms with Gasteiger partial charge in [0, 0.05) is 63.5 Å². The summed E-state index contributed by atoms with van der Waals surface area (Å²) in [6, 6.07) is -3.44. The Bertz CT molecular complexity index is 2550. The fourth-order valence-corrected chi connectivity index (χ4v) is 7.16. The lowest BCUT2D eigenvalue weighted by Crippen LogP contribution is -2.68. The van der Waals surface area contributed by atoms with Gasteiger partial charge in [0.05, 0.1) is 84.3 Å². The molecular weight excluding hydrogens is 1080 g/mol. The average molecular weight is 1150 g/mol. The van der Waals surface area contributed by atoms with Crippen LogP contribution in [0.15, 0.2) is 41.0 Å². The summed E-state index contributed by atoms with van der Waals surface area (Å²) in [6.45, 7) is 0.980. The van der Waals surface area contributed by atoms with Gasteiger partial charge in [0.2, 0.25) is 41.4 Å². The predicted molar refractivity (Wildman–Crippen MR) is 251 cm³/mol. The molecule has 0 spiro atoms. The maximum Gasteiger partial charge on any atom is 0.220 e. The molecule has 0 bridgehead atoms. The van der Waals surface area contributed by atoms with E-state index in [4.69, 9.17) is 9.15 Å². The highest BCUT2D eigenvalue weighted by Crippen LogP contribution is 2.16. The van der Waals surface area contributed by atoms with E-state index in [1.54, 1.807) is 30.5 Å². The van der Waals surface area contributed by atoms with Crippen molar-refractivity contribution in [1.29, 1.82) is 0 Å². The van der Waals surface area contributed by atoms with Crippen molar-refractivity contribution >= 4 is 83.1 Å². The third-order valence-electron chi connectivity index (χ3n) is 11.8. The zero-order valence-electron chi connectivity index (χ0n) is 43.5. The van der Waals surface area contributed by atoms with E-state index in [0.717, 1.165) is 16.9 Å². The topological polar surface area (TPSA) is 562 Å². The van der Waals surface area contributed by atoms with Crippen molar-refractivity contribution in [1.82, 2.24) is 37.2 Å². The Morgan fingerprint density at radius 2 is 0.741 bits per heavy atom. The van der Waals surface area contributed by atoms with E-state index in [9.17, 15) is 103 Å². The average Bonchev–Trinajstić information content (AvgIpc) is 3.87. The second-order valence-electron chi connectivity index (χ2n) is 18.1. The zero-order valence-corrected chi connectivity index (χ0v) is 43.5. The van der Waals surface area contributed by atoms with Crippen LogP contribution in [0.4, 0.5) is 0 Å². The molecule has 2 rings (SSSR count). The molecular formula is C49H62N9O23-5. The van der Waals surface area contributed by atoms with Gasteiger partial charge in [0.15, 0.2) is 5.76 Å². The summed E-state index contributed by atoms with van der Waals surface area (Å²) in [7, 11) is 0. The minimum Gasteiger partial charge on any atom is -0.548 e. The third kappa shape index (κ3) is 27.8. The number of carbonyl (C=O) groups is 14. The maximum absolute atomic E-state index is 12.6. The van der Waals surface area contributed by atoms with Gasteiger partial charge in [-0.05, 0) is 68.7 Å². The molecule has 81 heavy (non-hydrogen) atoms. The van der Waals surface area contributed by atoms with Gasteiger partial charge in [0.1, 0.15) is 24.9 Å². The molecule has 13 N–H and O–H groups in total. The predicted octanol–water partition coefficient (Wildman–Crippen LogP) is -13.5. The molecule has 0 saturated carbocycles. The lowest BCUT2D eigenvalue weighted by molar-refractivity contribution is -0.438. The summed E-state index contributed by atoms with van der Waals surface area (Å²) in [5.41, 5.74) is 8.69. The molecule has 7 atom stereocenters. The Hall–Kier alpha value is -9.20. The van der Waals surface area contributed by atoms with E-state index in [1.165, 1.54) is 0 Å². The summed E-state index contributed by atoms with van der Waals surface area (Å²) in [5.74, 6) is -18.5. The minimum atomic E-state index is -1.95. The van der Waals surface area contributed by atoms with E-state index in [1.807, 2.05) is 32.7 Å². The summed E-state index contributed by atoms with van der Waals surface area (Å²) in [6.07, 6.45) is -6.80. The number of carboxylic acid groups (broad SMARTS) is 7. The number of hydrogen-bond donors (Lipinski definition) is 9. The molecule has 32 nitrogen and oxygen atoms in total. The standard InChI is InChI=1S/C49H67N9O23/c50-22-28-21-26(24-81-28)23-80-27-3-1-25(2-4-27)19-20-52-36(59)13-6-30(44(68)69)54-38(61)15-8-32(46(72)73)56-40(63)17-10-34(48(76)77)58-42(65)18-11-35(49(78)79)57-41(64)16-9-33(47(74)75)55-39(62)14-7-31(45(70)71)53-37(60)12-5-29(51)43(66)67/h1-4,21,24,29-35H,5-20,22-23,50-51H2,(H,52,59)(H,53,60)(H,54,61)(H,55,62)(H,56,63)(H,57,64)(H,58,65)(H,66,67)(H,68,69)(H,70,71)(H,72,73)(H,74,75)(H,76,77)(H,78,79)/p-5/t29-,30-,31-,32-,33-,34-,35-/m0/s1. The molecule has 0 radical (unpaired) electrons. The zero-order chi connectivity index (χ0) is 60.8. The van der Waals surface area contributed by atoms with Crippen molar-refractivity contribution in [2.75, 3.05) is 6.54 Å². The maximum atomic E-state index is 12.6. The molecule has 1 aromatic heterocycles. The number of nitrogens with one attached hydrogen (secondary N) is 7. The highest BCUT2D eigenvalue weighted by Gasteiger charge is 2.24. The number of aliphatic carboxylic acids is 7. The molecule has 32 heteroatoms. The van der Waals surface area contributed by atoms with Crippen LogP contribution in [0.25, 0.3) is 0 Å². The monoisotopic (exact) mass is 1140 g/mol. The Kier molecular flexibility index (Phi) is 29.6. The van der Waals surface area contributed by atoms with Gasteiger partial charge >= 0.3 is 0 Å². The number of hydrogen-bond acceptors (Lipinski definition) is 23. The van der Waals surface area contributed by atoms with Gasteiger partial charge in [-0.25, -0.2) is 0 Å². The fraction of sp³-hybridized carbons (Fsp3) is 0.510. The van der Waals surface area contributed by atoms with Gasteiger partial charge in [-0.3, -0.25) is 33.6 Å². The molecule has 0 aliphatic heterocycles. The van der Waals surface area contributed by atoms with E-state index in [0.29, 0.717) is 18.7 Å². The Morgan fingerprint density at radius 1 is 0.432 bits per heavy atom. The molecule has 0 fully saturated rings. The van der Waals surface area contributed by atoms with Crippen molar-refractivity contribution in [3.63, 3.8) is 0 Å². The lowest BCUT2D eigenvalue weighted by Gasteiger charge is -2.24. The normalized spacial score (nSPS) is 13.4. The molecule has 0 aliphatic rings. The van der Waals surface area contributed by atoms with Crippen LogP contribution in [0.3, 0.4) is 0 Å². The smallest absolute Gasteiger partial charge is 0.220 e. The quantitative estimate of drug-likeness (QED) is 0.0298. The second-order valence-corrected chi connectivity index (χ2v) is 18.1. The highest BCUT2D eigenvalue weighted by atomic mass is 16.5.